The van der Waals surface area contributed by atoms with Gasteiger partial charge in [0.1, 0.15) is 0 Å². The molecule has 0 amide bonds. The third-order valence-corrected chi connectivity index (χ3v) is 2.42. The van der Waals surface area contributed by atoms with Crippen molar-refractivity contribution in [3.63, 3.8) is 0 Å². The Hall–Kier alpha value is -0.740. The van der Waals surface area contributed by atoms with Crippen LogP contribution in [0.5, 0.6) is 0 Å². The van der Waals surface area contributed by atoms with Crippen LogP contribution >= 0.6 is 11.3 Å². The van der Waals surface area contributed by atoms with Crippen LogP contribution in [0.4, 0.5) is 0 Å². The monoisotopic (exact) mass is 197 g/mol. The molecule has 0 unspecified atom stereocenters. The number of ketones is 1. The standard InChI is InChI=1S/C9H13N2OS/c10-5-3-1-2-4-8(12)9-11-6-7-13-9/h4,6-7H,1-3,5,10H2. The van der Waals surface area contributed by atoms with Gasteiger partial charge in [-0.15, -0.1) is 11.3 Å². The van der Waals surface area contributed by atoms with E-state index in [4.69, 9.17) is 5.73 Å². The van der Waals surface area contributed by atoms with Crippen molar-refractivity contribution in [1.29, 1.82) is 0 Å². The summed E-state index contributed by atoms with van der Waals surface area (Å²) in [5.74, 6) is 0.0343. The zero-order chi connectivity index (χ0) is 9.52. The molecule has 1 aromatic heterocycles. The van der Waals surface area contributed by atoms with Crippen LogP contribution in [0.3, 0.4) is 0 Å². The van der Waals surface area contributed by atoms with Crippen molar-refractivity contribution in [3.8, 4) is 0 Å². The number of nitrogens with two attached hydrogens (primary N) is 1. The summed E-state index contributed by atoms with van der Waals surface area (Å²) in [5, 5.41) is 2.38. The van der Waals surface area contributed by atoms with Crippen LogP contribution in [0.1, 0.15) is 29.1 Å². The molecule has 1 heterocycles. The molecule has 13 heavy (non-hydrogen) atoms. The largest absolute Gasteiger partial charge is 0.330 e. The summed E-state index contributed by atoms with van der Waals surface area (Å²) >= 11 is 1.38. The summed E-state index contributed by atoms with van der Waals surface area (Å²) in [6.07, 6.45) is 6.09. The van der Waals surface area contributed by atoms with Crippen molar-refractivity contribution in [2.45, 2.75) is 19.3 Å². The molecule has 0 aliphatic rings. The van der Waals surface area contributed by atoms with Crippen LogP contribution in [0, 0.1) is 6.42 Å². The molecular formula is C9H13N2OS. The number of unbranched alkanes of at least 4 members (excludes halogenated alkanes) is 2. The second-order valence-electron chi connectivity index (χ2n) is 2.69. The maximum atomic E-state index is 11.3. The van der Waals surface area contributed by atoms with Gasteiger partial charge in [0.2, 0.25) is 0 Å². The first-order valence-corrected chi connectivity index (χ1v) is 5.19. The van der Waals surface area contributed by atoms with Crippen molar-refractivity contribution in [1.82, 2.24) is 4.98 Å². The second-order valence-corrected chi connectivity index (χ2v) is 3.58. The Balaban J connectivity index is 2.19. The minimum Gasteiger partial charge on any atom is -0.330 e. The van der Waals surface area contributed by atoms with Gasteiger partial charge in [0.25, 0.3) is 0 Å². The third-order valence-electron chi connectivity index (χ3n) is 1.63. The van der Waals surface area contributed by atoms with Gasteiger partial charge in [-0.3, -0.25) is 4.79 Å². The number of aromatic nitrogens is 1. The molecular weight excluding hydrogens is 184 g/mol. The minimum absolute atomic E-state index is 0.0343. The van der Waals surface area contributed by atoms with Gasteiger partial charge in [0.05, 0.1) is 0 Å². The zero-order valence-corrected chi connectivity index (χ0v) is 8.22. The molecule has 0 saturated heterocycles. The van der Waals surface area contributed by atoms with Gasteiger partial charge in [0.15, 0.2) is 10.8 Å². The van der Waals surface area contributed by atoms with Gasteiger partial charge in [-0.25, -0.2) is 4.98 Å². The van der Waals surface area contributed by atoms with Crippen LogP contribution in [0.2, 0.25) is 0 Å². The Labute approximate surface area is 82.0 Å². The van der Waals surface area contributed by atoms with Gasteiger partial charge < -0.3 is 5.73 Å². The highest BCUT2D eigenvalue weighted by atomic mass is 32.1. The SMILES string of the molecule is NCCCC[CH]C(=O)c1nccs1. The fourth-order valence-electron chi connectivity index (χ4n) is 0.954. The van der Waals surface area contributed by atoms with Crippen LogP contribution < -0.4 is 5.73 Å². The number of carbonyl (C=O) groups is 1. The third kappa shape index (κ3) is 3.65. The van der Waals surface area contributed by atoms with Crippen molar-refractivity contribution >= 4 is 17.1 Å². The van der Waals surface area contributed by atoms with E-state index in [1.165, 1.54) is 11.3 Å². The summed E-state index contributed by atoms with van der Waals surface area (Å²) < 4.78 is 0. The van der Waals surface area contributed by atoms with Crippen molar-refractivity contribution in [3.05, 3.63) is 23.0 Å². The van der Waals surface area contributed by atoms with E-state index >= 15 is 0 Å². The maximum absolute atomic E-state index is 11.3. The highest BCUT2D eigenvalue weighted by molar-refractivity contribution is 7.11. The molecule has 0 fully saturated rings. The van der Waals surface area contributed by atoms with E-state index in [0.29, 0.717) is 11.6 Å². The molecule has 1 aromatic rings. The van der Waals surface area contributed by atoms with Gasteiger partial charge >= 0.3 is 0 Å². The van der Waals surface area contributed by atoms with E-state index in [1.54, 1.807) is 18.0 Å². The van der Waals surface area contributed by atoms with Gasteiger partial charge in [0, 0.05) is 18.0 Å². The van der Waals surface area contributed by atoms with E-state index in [0.717, 1.165) is 19.3 Å². The predicted molar refractivity (Wildman–Crippen MR) is 53.6 cm³/mol. The molecule has 0 aromatic carbocycles. The molecule has 71 valence electrons. The summed E-state index contributed by atoms with van der Waals surface area (Å²) in [4.78, 5) is 15.3. The summed E-state index contributed by atoms with van der Waals surface area (Å²) in [5.41, 5.74) is 5.33. The molecule has 1 rings (SSSR count). The number of nitrogens with zero attached hydrogens (tertiary/aromatic N) is 1. The Kier molecular flexibility index (Phi) is 4.64. The first kappa shape index (κ1) is 10.3. The van der Waals surface area contributed by atoms with Crippen molar-refractivity contribution < 1.29 is 4.79 Å². The van der Waals surface area contributed by atoms with E-state index in [2.05, 4.69) is 4.98 Å². The first-order chi connectivity index (χ1) is 6.34. The minimum atomic E-state index is 0.0343. The highest BCUT2D eigenvalue weighted by Crippen LogP contribution is 2.09. The van der Waals surface area contributed by atoms with Crippen molar-refractivity contribution in [2.24, 2.45) is 5.73 Å². The quantitative estimate of drug-likeness (QED) is 0.557. The van der Waals surface area contributed by atoms with Crippen LogP contribution in [0.15, 0.2) is 11.6 Å². The molecule has 0 aliphatic carbocycles. The Morgan fingerprint density at radius 2 is 2.46 bits per heavy atom. The van der Waals surface area contributed by atoms with E-state index in [-0.39, 0.29) is 5.78 Å². The number of hydrogen-bond donors (Lipinski definition) is 1. The normalized spacial score (nSPS) is 10.2. The molecule has 4 heteroatoms. The molecule has 0 bridgehead atoms. The number of rotatable bonds is 6. The Morgan fingerprint density at radius 1 is 1.62 bits per heavy atom. The van der Waals surface area contributed by atoms with Gasteiger partial charge in [-0.1, -0.05) is 6.42 Å². The lowest BCUT2D eigenvalue weighted by atomic mass is 10.1. The fraction of sp³-hybridized carbons (Fsp3) is 0.444. The molecule has 2 N–H and O–H groups in total. The number of Topliss-reactive ketones (excluding diaryl/α,β-unsaturated/α-hetero) is 1. The van der Waals surface area contributed by atoms with Crippen LogP contribution in [-0.4, -0.2) is 17.3 Å². The van der Waals surface area contributed by atoms with E-state index in [1.807, 2.05) is 0 Å². The lowest BCUT2D eigenvalue weighted by Crippen LogP contribution is -2.01. The smallest absolute Gasteiger partial charge is 0.195 e. The van der Waals surface area contributed by atoms with Crippen molar-refractivity contribution in [2.75, 3.05) is 6.54 Å². The molecule has 3 nitrogen and oxygen atoms in total. The average Bonchev–Trinajstić information content (AvgIpc) is 2.65. The maximum Gasteiger partial charge on any atom is 0.195 e. The number of thiazole rings is 1. The fourth-order valence-corrected chi connectivity index (χ4v) is 1.53. The average molecular weight is 197 g/mol. The highest BCUT2D eigenvalue weighted by Gasteiger charge is 2.07. The zero-order valence-electron chi connectivity index (χ0n) is 7.40. The number of hydrogen-bond acceptors (Lipinski definition) is 4. The van der Waals surface area contributed by atoms with Crippen LogP contribution in [0.25, 0.3) is 0 Å². The first-order valence-electron chi connectivity index (χ1n) is 4.31. The topological polar surface area (TPSA) is 56.0 Å². The Morgan fingerprint density at radius 3 is 3.08 bits per heavy atom. The molecule has 0 saturated carbocycles. The molecule has 0 aliphatic heterocycles. The lowest BCUT2D eigenvalue weighted by molar-refractivity contribution is 0.102. The van der Waals surface area contributed by atoms with E-state index < -0.39 is 0 Å². The number of carbonyl (C=O) groups excluding carboxylic acids is 1. The lowest BCUT2D eigenvalue weighted by Gasteiger charge is -1.96. The summed E-state index contributed by atoms with van der Waals surface area (Å²) in [7, 11) is 0. The molecule has 0 spiro atoms. The summed E-state index contributed by atoms with van der Waals surface area (Å²) in [6.45, 7) is 0.694. The summed E-state index contributed by atoms with van der Waals surface area (Å²) in [6, 6.07) is 0. The second kappa shape index (κ2) is 5.83. The van der Waals surface area contributed by atoms with Crippen LogP contribution in [-0.2, 0) is 0 Å². The van der Waals surface area contributed by atoms with Gasteiger partial charge in [-0.2, -0.15) is 0 Å². The van der Waals surface area contributed by atoms with Gasteiger partial charge in [-0.05, 0) is 19.4 Å². The molecule has 0 atom stereocenters. The van der Waals surface area contributed by atoms with E-state index in [9.17, 15) is 4.79 Å². The molecule has 1 radical (unpaired) electrons. The Bertz CT molecular complexity index is 246. The predicted octanol–water partition coefficient (Wildman–Crippen LogP) is 1.66.